The molecule has 0 amide bonds. The molecule has 1 aromatic carbocycles. The van der Waals surface area contributed by atoms with Gasteiger partial charge in [0.05, 0.1) is 13.2 Å². The van der Waals surface area contributed by atoms with Gasteiger partial charge in [-0.3, -0.25) is 0 Å². The molecule has 98 valence electrons. The molecular formula is C14H18O4. The van der Waals surface area contributed by atoms with Gasteiger partial charge in [0.25, 0.3) is 0 Å². The number of para-hydroxylation sites is 1. The quantitative estimate of drug-likeness (QED) is 0.767. The maximum absolute atomic E-state index is 11.6. The fourth-order valence-corrected chi connectivity index (χ4v) is 1.98. The van der Waals surface area contributed by atoms with Gasteiger partial charge in [-0.25, -0.2) is 4.79 Å². The van der Waals surface area contributed by atoms with Crippen LogP contribution in [0, 0.1) is 13.8 Å². The van der Waals surface area contributed by atoms with Crippen LogP contribution in [0.5, 0.6) is 5.75 Å². The Labute approximate surface area is 107 Å². The maximum atomic E-state index is 11.6. The van der Waals surface area contributed by atoms with Crippen LogP contribution in [0.15, 0.2) is 18.2 Å². The maximum Gasteiger partial charge on any atom is 0.344 e. The summed E-state index contributed by atoms with van der Waals surface area (Å²) in [4.78, 5) is 11.6. The van der Waals surface area contributed by atoms with Crippen molar-refractivity contribution in [3.05, 3.63) is 29.3 Å². The number of aryl methyl sites for hydroxylation is 2. The average Bonchev–Trinajstić information content (AvgIpc) is 2.81. The molecule has 1 aliphatic rings. The number of ether oxygens (including phenoxy) is 3. The van der Waals surface area contributed by atoms with Gasteiger partial charge in [0, 0.05) is 6.42 Å². The van der Waals surface area contributed by atoms with E-state index in [9.17, 15) is 4.79 Å². The highest BCUT2D eigenvalue weighted by atomic mass is 16.6. The predicted octanol–water partition coefficient (Wildman–Crippen LogP) is 2.01. The Hall–Kier alpha value is -1.55. The van der Waals surface area contributed by atoms with Gasteiger partial charge in [-0.15, -0.1) is 0 Å². The molecule has 0 aliphatic carbocycles. The van der Waals surface area contributed by atoms with Crippen molar-refractivity contribution in [2.75, 3.05) is 19.8 Å². The van der Waals surface area contributed by atoms with E-state index in [-0.39, 0.29) is 18.7 Å². The summed E-state index contributed by atoms with van der Waals surface area (Å²) in [6, 6.07) is 5.88. The molecule has 1 fully saturated rings. The first-order valence-corrected chi connectivity index (χ1v) is 6.13. The van der Waals surface area contributed by atoms with Gasteiger partial charge in [0.15, 0.2) is 6.61 Å². The second kappa shape index (κ2) is 5.87. The normalized spacial score (nSPS) is 18.7. The largest absolute Gasteiger partial charge is 0.481 e. The van der Waals surface area contributed by atoms with E-state index >= 15 is 0 Å². The van der Waals surface area contributed by atoms with Crippen molar-refractivity contribution in [2.45, 2.75) is 26.4 Å². The number of carbonyl (C=O) groups is 1. The molecule has 1 aromatic rings. The van der Waals surface area contributed by atoms with Crippen molar-refractivity contribution in [1.82, 2.24) is 0 Å². The molecule has 4 nitrogen and oxygen atoms in total. The summed E-state index contributed by atoms with van der Waals surface area (Å²) >= 11 is 0. The van der Waals surface area contributed by atoms with E-state index in [1.54, 1.807) is 0 Å². The van der Waals surface area contributed by atoms with Gasteiger partial charge < -0.3 is 14.2 Å². The van der Waals surface area contributed by atoms with Gasteiger partial charge in [-0.1, -0.05) is 18.2 Å². The third-order valence-corrected chi connectivity index (χ3v) is 2.93. The molecule has 0 bridgehead atoms. The summed E-state index contributed by atoms with van der Waals surface area (Å²) in [6.45, 7) is 5.02. The summed E-state index contributed by atoms with van der Waals surface area (Å²) in [7, 11) is 0. The van der Waals surface area contributed by atoms with Crippen LogP contribution in [-0.2, 0) is 14.3 Å². The highest BCUT2D eigenvalue weighted by Crippen LogP contribution is 2.22. The minimum atomic E-state index is -0.340. The molecule has 1 saturated heterocycles. The molecule has 0 N–H and O–H groups in total. The average molecular weight is 250 g/mol. The lowest BCUT2D eigenvalue weighted by Gasteiger charge is -2.13. The van der Waals surface area contributed by atoms with Crippen LogP contribution < -0.4 is 4.74 Å². The number of benzene rings is 1. The van der Waals surface area contributed by atoms with E-state index in [1.807, 2.05) is 32.0 Å². The molecule has 1 heterocycles. The number of carbonyl (C=O) groups excluding carboxylic acids is 1. The minimum Gasteiger partial charge on any atom is -0.481 e. The van der Waals surface area contributed by atoms with Crippen LogP contribution >= 0.6 is 0 Å². The topological polar surface area (TPSA) is 44.8 Å². The van der Waals surface area contributed by atoms with Gasteiger partial charge in [-0.2, -0.15) is 0 Å². The first kappa shape index (κ1) is 12.9. The van der Waals surface area contributed by atoms with Gasteiger partial charge in [0.2, 0.25) is 0 Å². The SMILES string of the molecule is Cc1cccc(C)c1OCC(=O)OC1CCOC1. The lowest BCUT2D eigenvalue weighted by molar-refractivity contribution is -0.151. The van der Waals surface area contributed by atoms with E-state index in [0.717, 1.165) is 23.3 Å². The summed E-state index contributed by atoms with van der Waals surface area (Å²) in [6.07, 6.45) is 0.661. The van der Waals surface area contributed by atoms with Crippen molar-refractivity contribution < 1.29 is 19.0 Å². The minimum absolute atomic E-state index is 0.0534. The Morgan fingerprint density at radius 2 is 2.11 bits per heavy atom. The first-order chi connectivity index (χ1) is 8.66. The zero-order valence-corrected chi connectivity index (χ0v) is 10.8. The number of rotatable bonds is 4. The second-order valence-electron chi connectivity index (χ2n) is 4.49. The van der Waals surface area contributed by atoms with E-state index in [2.05, 4.69) is 0 Å². The summed E-state index contributed by atoms with van der Waals surface area (Å²) in [5.41, 5.74) is 2.04. The monoisotopic (exact) mass is 250 g/mol. The van der Waals surface area contributed by atoms with E-state index in [1.165, 1.54) is 0 Å². The smallest absolute Gasteiger partial charge is 0.344 e. The fourth-order valence-electron chi connectivity index (χ4n) is 1.98. The van der Waals surface area contributed by atoms with Crippen LogP contribution in [-0.4, -0.2) is 31.9 Å². The zero-order chi connectivity index (χ0) is 13.0. The molecule has 0 spiro atoms. The molecule has 1 unspecified atom stereocenters. The second-order valence-corrected chi connectivity index (χ2v) is 4.49. The Kier molecular flexibility index (Phi) is 4.20. The third kappa shape index (κ3) is 3.23. The predicted molar refractivity (Wildman–Crippen MR) is 66.7 cm³/mol. The van der Waals surface area contributed by atoms with Crippen LogP contribution in [0.25, 0.3) is 0 Å². The standard InChI is InChI=1S/C14H18O4/c1-10-4-3-5-11(2)14(10)17-9-13(15)18-12-6-7-16-8-12/h3-5,12H,6-9H2,1-2H3. The first-order valence-electron chi connectivity index (χ1n) is 6.13. The Bertz CT molecular complexity index is 402. The summed E-state index contributed by atoms with van der Waals surface area (Å²) in [5.74, 6) is 0.422. The van der Waals surface area contributed by atoms with Crippen molar-refractivity contribution in [3.63, 3.8) is 0 Å². The van der Waals surface area contributed by atoms with Crippen LogP contribution in [0.4, 0.5) is 0 Å². The van der Waals surface area contributed by atoms with Crippen molar-refractivity contribution in [3.8, 4) is 5.75 Å². The third-order valence-electron chi connectivity index (χ3n) is 2.93. The Morgan fingerprint density at radius 3 is 2.72 bits per heavy atom. The van der Waals surface area contributed by atoms with E-state index in [0.29, 0.717) is 13.2 Å². The summed E-state index contributed by atoms with van der Waals surface area (Å²) < 4.78 is 15.9. The lowest BCUT2D eigenvalue weighted by atomic mass is 10.1. The van der Waals surface area contributed by atoms with Crippen molar-refractivity contribution in [1.29, 1.82) is 0 Å². The molecule has 0 saturated carbocycles. The highest BCUT2D eigenvalue weighted by molar-refractivity contribution is 5.71. The lowest BCUT2D eigenvalue weighted by Crippen LogP contribution is -2.23. The van der Waals surface area contributed by atoms with Crippen LogP contribution in [0.2, 0.25) is 0 Å². The Balaban J connectivity index is 1.85. The van der Waals surface area contributed by atoms with Gasteiger partial charge in [0.1, 0.15) is 11.9 Å². The number of hydrogen-bond donors (Lipinski definition) is 0. The van der Waals surface area contributed by atoms with Crippen LogP contribution in [0.1, 0.15) is 17.5 Å². The number of esters is 1. The van der Waals surface area contributed by atoms with E-state index < -0.39 is 0 Å². The molecule has 0 aromatic heterocycles. The Morgan fingerprint density at radius 1 is 1.39 bits per heavy atom. The number of hydrogen-bond acceptors (Lipinski definition) is 4. The molecule has 2 rings (SSSR count). The molecular weight excluding hydrogens is 232 g/mol. The van der Waals surface area contributed by atoms with Crippen molar-refractivity contribution >= 4 is 5.97 Å². The highest BCUT2D eigenvalue weighted by Gasteiger charge is 2.20. The van der Waals surface area contributed by atoms with E-state index in [4.69, 9.17) is 14.2 Å². The molecule has 18 heavy (non-hydrogen) atoms. The molecule has 4 heteroatoms. The van der Waals surface area contributed by atoms with Crippen LogP contribution in [0.3, 0.4) is 0 Å². The fraction of sp³-hybridized carbons (Fsp3) is 0.500. The molecule has 1 atom stereocenters. The summed E-state index contributed by atoms with van der Waals surface area (Å²) in [5, 5.41) is 0. The zero-order valence-electron chi connectivity index (χ0n) is 10.8. The van der Waals surface area contributed by atoms with Gasteiger partial charge in [-0.05, 0) is 25.0 Å². The van der Waals surface area contributed by atoms with Gasteiger partial charge >= 0.3 is 5.97 Å². The van der Waals surface area contributed by atoms with Crippen molar-refractivity contribution in [2.24, 2.45) is 0 Å². The molecule has 1 aliphatic heterocycles. The molecule has 0 radical (unpaired) electrons.